The molecule has 0 aromatic heterocycles. The van der Waals surface area contributed by atoms with Gasteiger partial charge in [0.05, 0.1) is 0 Å². The van der Waals surface area contributed by atoms with Crippen molar-refractivity contribution >= 4 is 21.6 Å². The van der Waals surface area contributed by atoms with Crippen LogP contribution in [-0.2, 0) is 13.0 Å². The van der Waals surface area contributed by atoms with Gasteiger partial charge in [-0.2, -0.15) is 0 Å². The Kier molecular flexibility index (Phi) is 3.70. The lowest BCUT2D eigenvalue weighted by atomic mass is 10.0. The highest BCUT2D eigenvalue weighted by Crippen LogP contribution is 2.37. The first-order chi connectivity index (χ1) is 9.94. The zero-order chi connectivity index (χ0) is 15.0. The van der Waals surface area contributed by atoms with Crippen LogP contribution in [0.4, 0.5) is 5.69 Å². The van der Waals surface area contributed by atoms with Crippen LogP contribution in [0.15, 0.2) is 40.9 Å². The molecular formula is C18H20BrNO. The van der Waals surface area contributed by atoms with Crippen LogP contribution in [0, 0.1) is 6.92 Å². The van der Waals surface area contributed by atoms with E-state index in [2.05, 4.69) is 78.4 Å². The molecule has 1 heterocycles. The van der Waals surface area contributed by atoms with Crippen molar-refractivity contribution in [2.45, 2.75) is 39.3 Å². The highest BCUT2D eigenvalue weighted by molar-refractivity contribution is 9.10. The summed E-state index contributed by atoms with van der Waals surface area (Å²) in [5.74, 6) is 1.06. The molecule has 0 saturated heterocycles. The molecule has 2 aromatic rings. The van der Waals surface area contributed by atoms with E-state index >= 15 is 0 Å². The van der Waals surface area contributed by atoms with Gasteiger partial charge in [0, 0.05) is 28.7 Å². The Labute approximate surface area is 134 Å². The van der Waals surface area contributed by atoms with E-state index in [1.165, 1.54) is 16.7 Å². The van der Waals surface area contributed by atoms with E-state index in [0.717, 1.165) is 28.9 Å². The fourth-order valence-corrected chi connectivity index (χ4v) is 3.15. The molecule has 0 radical (unpaired) electrons. The van der Waals surface area contributed by atoms with Gasteiger partial charge in [0.2, 0.25) is 0 Å². The molecule has 3 rings (SSSR count). The van der Waals surface area contributed by atoms with Crippen molar-refractivity contribution in [3.8, 4) is 5.75 Å². The van der Waals surface area contributed by atoms with E-state index in [4.69, 9.17) is 4.74 Å². The van der Waals surface area contributed by atoms with Crippen LogP contribution in [0.3, 0.4) is 0 Å². The molecule has 3 heteroatoms. The molecule has 2 aromatic carbocycles. The third kappa shape index (κ3) is 3.08. The van der Waals surface area contributed by atoms with Gasteiger partial charge < -0.3 is 10.1 Å². The van der Waals surface area contributed by atoms with Gasteiger partial charge in [-0.15, -0.1) is 0 Å². The number of anilines is 1. The van der Waals surface area contributed by atoms with Crippen LogP contribution in [0.5, 0.6) is 5.75 Å². The number of halogens is 1. The first-order valence-corrected chi connectivity index (χ1v) is 8.04. The third-order valence-corrected chi connectivity index (χ3v) is 4.33. The molecule has 110 valence electrons. The quantitative estimate of drug-likeness (QED) is 0.837. The third-order valence-electron chi connectivity index (χ3n) is 3.84. The van der Waals surface area contributed by atoms with Gasteiger partial charge in [-0.3, -0.25) is 0 Å². The SMILES string of the molecule is Cc1ccc(Br)cc1NCc1cccc2c1OC(C)(C)C2. The van der Waals surface area contributed by atoms with Crippen molar-refractivity contribution in [3.63, 3.8) is 0 Å². The van der Waals surface area contributed by atoms with E-state index in [0.29, 0.717) is 0 Å². The molecule has 1 aliphatic rings. The minimum atomic E-state index is -0.0931. The second kappa shape index (κ2) is 5.38. The number of hydrogen-bond donors (Lipinski definition) is 1. The number of nitrogens with one attached hydrogen (secondary N) is 1. The largest absolute Gasteiger partial charge is 0.487 e. The maximum absolute atomic E-state index is 6.12. The second-order valence-corrected chi connectivity index (χ2v) is 7.17. The number of fused-ring (bicyclic) bond motifs is 1. The maximum atomic E-state index is 6.12. The first-order valence-electron chi connectivity index (χ1n) is 7.24. The predicted molar refractivity (Wildman–Crippen MR) is 91.1 cm³/mol. The molecule has 21 heavy (non-hydrogen) atoms. The Hall–Kier alpha value is -1.48. The number of rotatable bonds is 3. The lowest BCUT2D eigenvalue weighted by Crippen LogP contribution is -2.25. The lowest BCUT2D eigenvalue weighted by Gasteiger charge is -2.18. The van der Waals surface area contributed by atoms with Gasteiger partial charge in [-0.25, -0.2) is 0 Å². The Bertz CT molecular complexity index is 679. The smallest absolute Gasteiger partial charge is 0.128 e. The number of hydrogen-bond acceptors (Lipinski definition) is 2. The molecule has 0 unspecified atom stereocenters. The number of ether oxygens (including phenoxy) is 1. The van der Waals surface area contributed by atoms with Gasteiger partial charge in [0.25, 0.3) is 0 Å². The van der Waals surface area contributed by atoms with E-state index < -0.39 is 0 Å². The first kappa shape index (κ1) is 14.5. The maximum Gasteiger partial charge on any atom is 0.128 e. The second-order valence-electron chi connectivity index (χ2n) is 6.26. The average molecular weight is 346 g/mol. The average Bonchev–Trinajstić information content (AvgIpc) is 2.74. The number of para-hydroxylation sites is 1. The van der Waals surface area contributed by atoms with Crippen LogP contribution >= 0.6 is 15.9 Å². The molecule has 0 amide bonds. The van der Waals surface area contributed by atoms with E-state index in [1.807, 2.05) is 0 Å². The summed E-state index contributed by atoms with van der Waals surface area (Å²) in [7, 11) is 0. The Morgan fingerprint density at radius 3 is 2.86 bits per heavy atom. The van der Waals surface area contributed by atoms with Crippen LogP contribution in [0.2, 0.25) is 0 Å². The normalized spacial score (nSPS) is 15.4. The molecular weight excluding hydrogens is 326 g/mol. The number of benzene rings is 2. The summed E-state index contributed by atoms with van der Waals surface area (Å²) in [4.78, 5) is 0. The van der Waals surface area contributed by atoms with E-state index in [9.17, 15) is 0 Å². The van der Waals surface area contributed by atoms with E-state index in [-0.39, 0.29) is 5.60 Å². The molecule has 1 N–H and O–H groups in total. The minimum Gasteiger partial charge on any atom is -0.487 e. The van der Waals surface area contributed by atoms with Crippen LogP contribution < -0.4 is 10.1 Å². The highest BCUT2D eigenvalue weighted by atomic mass is 79.9. The van der Waals surface area contributed by atoms with Gasteiger partial charge in [0.15, 0.2) is 0 Å². The minimum absolute atomic E-state index is 0.0931. The van der Waals surface area contributed by atoms with Gasteiger partial charge >= 0.3 is 0 Å². The zero-order valence-corrected chi connectivity index (χ0v) is 14.3. The van der Waals surface area contributed by atoms with Crippen molar-refractivity contribution in [2.24, 2.45) is 0 Å². The lowest BCUT2D eigenvalue weighted by molar-refractivity contribution is 0.137. The monoisotopic (exact) mass is 345 g/mol. The molecule has 1 aliphatic heterocycles. The van der Waals surface area contributed by atoms with Gasteiger partial charge in [-0.05, 0) is 44.0 Å². The van der Waals surface area contributed by atoms with Crippen molar-refractivity contribution in [3.05, 3.63) is 57.6 Å². The zero-order valence-electron chi connectivity index (χ0n) is 12.7. The highest BCUT2D eigenvalue weighted by Gasteiger charge is 2.31. The summed E-state index contributed by atoms with van der Waals surface area (Å²) in [6.45, 7) is 7.17. The molecule has 0 aliphatic carbocycles. The number of aryl methyl sites for hydroxylation is 1. The fraction of sp³-hybridized carbons (Fsp3) is 0.333. The van der Waals surface area contributed by atoms with Crippen molar-refractivity contribution in [1.82, 2.24) is 0 Å². The van der Waals surface area contributed by atoms with Crippen molar-refractivity contribution in [2.75, 3.05) is 5.32 Å². The summed E-state index contributed by atoms with van der Waals surface area (Å²) in [6, 6.07) is 12.7. The Morgan fingerprint density at radius 2 is 2.05 bits per heavy atom. The molecule has 0 atom stereocenters. The fourth-order valence-electron chi connectivity index (χ4n) is 2.79. The molecule has 0 spiro atoms. The molecule has 0 saturated carbocycles. The van der Waals surface area contributed by atoms with E-state index in [1.54, 1.807) is 0 Å². The van der Waals surface area contributed by atoms with Gasteiger partial charge in [-0.1, -0.05) is 40.2 Å². The summed E-state index contributed by atoms with van der Waals surface area (Å²) in [5.41, 5.74) is 4.83. The molecule has 0 bridgehead atoms. The van der Waals surface area contributed by atoms with Crippen LogP contribution in [0.1, 0.15) is 30.5 Å². The van der Waals surface area contributed by atoms with Crippen LogP contribution in [-0.4, -0.2) is 5.60 Å². The Morgan fingerprint density at radius 1 is 1.24 bits per heavy atom. The molecule has 2 nitrogen and oxygen atoms in total. The summed E-state index contributed by atoms with van der Waals surface area (Å²) >= 11 is 3.52. The standard InChI is InChI=1S/C18H20BrNO/c1-12-7-8-15(19)9-16(12)20-11-14-6-4-5-13-10-18(2,3)21-17(13)14/h4-9,20H,10-11H2,1-3H3. The van der Waals surface area contributed by atoms with Gasteiger partial charge in [0.1, 0.15) is 11.4 Å². The Balaban J connectivity index is 1.81. The summed E-state index contributed by atoms with van der Waals surface area (Å²) < 4.78 is 7.21. The topological polar surface area (TPSA) is 21.3 Å². The summed E-state index contributed by atoms with van der Waals surface area (Å²) in [6.07, 6.45) is 0.978. The van der Waals surface area contributed by atoms with Crippen LogP contribution in [0.25, 0.3) is 0 Å². The molecule has 0 fully saturated rings. The summed E-state index contributed by atoms with van der Waals surface area (Å²) in [5, 5.41) is 3.52. The predicted octanol–water partition coefficient (Wildman–Crippen LogP) is 5.08. The van der Waals surface area contributed by atoms with Crippen molar-refractivity contribution in [1.29, 1.82) is 0 Å². The van der Waals surface area contributed by atoms with Crippen molar-refractivity contribution < 1.29 is 4.74 Å².